The molecule has 2 saturated heterocycles. The fraction of sp³-hybridized carbons (Fsp3) is 0.667. The van der Waals surface area contributed by atoms with E-state index in [0.717, 1.165) is 62.8 Å². The molecular formula is C18H25FN2O3. The molecule has 132 valence electrons. The summed E-state index contributed by atoms with van der Waals surface area (Å²) in [5, 5.41) is 0. The number of benzene rings is 1. The van der Waals surface area contributed by atoms with Gasteiger partial charge in [0.2, 0.25) is 0 Å². The number of nitrogens with zero attached hydrogens (tertiary/aromatic N) is 2. The lowest BCUT2D eigenvalue weighted by Gasteiger charge is -2.36. The lowest BCUT2D eigenvalue weighted by atomic mass is 10.1. The second-order valence-corrected chi connectivity index (χ2v) is 6.88. The molecule has 1 aromatic rings. The van der Waals surface area contributed by atoms with Crippen molar-refractivity contribution in [1.29, 1.82) is 0 Å². The van der Waals surface area contributed by atoms with Crippen LogP contribution in [0.2, 0.25) is 0 Å². The van der Waals surface area contributed by atoms with Gasteiger partial charge in [0.1, 0.15) is 11.6 Å². The summed E-state index contributed by atoms with van der Waals surface area (Å²) in [5.74, 6) is 0.597. The van der Waals surface area contributed by atoms with Crippen LogP contribution in [0.1, 0.15) is 24.0 Å². The number of hydrogen-bond donors (Lipinski definition) is 0. The van der Waals surface area contributed by atoms with E-state index in [9.17, 15) is 4.39 Å². The molecule has 0 aliphatic carbocycles. The molecule has 3 aliphatic heterocycles. The Morgan fingerprint density at radius 3 is 2.75 bits per heavy atom. The van der Waals surface area contributed by atoms with Crippen molar-refractivity contribution < 1.29 is 18.6 Å². The molecule has 2 fully saturated rings. The summed E-state index contributed by atoms with van der Waals surface area (Å²) in [4.78, 5) is 4.86. The molecule has 0 saturated carbocycles. The predicted octanol–water partition coefficient (Wildman–Crippen LogP) is 1.99. The molecule has 3 heterocycles. The van der Waals surface area contributed by atoms with Crippen molar-refractivity contribution in [2.45, 2.75) is 32.1 Å². The van der Waals surface area contributed by atoms with Crippen LogP contribution < -0.4 is 4.74 Å². The summed E-state index contributed by atoms with van der Waals surface area (Å²) in [5.41, 5.74) is 1.74. The third-order valence-electron chi connectivity index (χ3n) is 5.10. The van der Waals surface area contributed by atoms with Crippen LogP contribution in [0.4, 0.5) is 4.39 Å². The normalized spacial score (nSPS) is 25.5. The quantitative estimate of drug-likeness (QED) is 0.840. The van der Waals surface area contributed by atoms with Gasteiger partial charge in [0.15, 0.2) is 6.79 Å². The Balaban J connectivity index is 1.34. The van der Waals surface area contributed by atoms with E-state index in [1.165, 1.54) is 18.9 Å². The molecule has 1 aromatic carbocycles. The van der Waals surface area contributed by atoms with Crippen LogP contribution in [0, 0.1) is 5.82 Å². The largest absolute Gasteiger partial charge is 0.467 e. The molecule has 6 heteroatoms. The zero-order valence-electron chi connectivity index (χ0n) is 14.0. The van der Waals surface area contributed by atoms with Crippen molar-refractivity contribution in [2.24, 2.45) is 0 Å². The standard InChI is InChI=1S/C18H25FN2O3/c19-16-8-14(18-15(9-16)12-22-13-24-18)10-20-3-5-21(6-4-20)11-17-2-1-7-23-17/h8-9,17H,1-7,10-13H2. The van der Waals surface area contributed by atoms with Gasteiger partial charge in [-0.15, -0.1) is 0 Å². The predicted molar refractivity (Wildman–Crippen MR) is 87.4 cm³/mol. The van der Waals surface area contributed by atoms with Crippen LogP contribution in [0.15, 0.2) is 12.1 Å². The molecule has 4 rings (SSSR count). The van der Waals surface area contributed by atoms with E-state index in [0.29, 0.717) is 12.7 Å². The third-order valence-corrected chi connectivity index (χ3v) is 5.10. The maximum atomic E-state index is 13.8. The van der Waals surface area contributed by atoms with Gasteiger partial charge < -0.3 is 14.2 Å². The summed E-state index contributed by atoms with van der Waals surface area (Å²) in [6.45, 7) is 7.44. The van der Waals surface area contributed by atoms with Gasteiger partial charge in [0, 0.05) is 57.0 Å². The van der Waals surface area contributed by atoms with Crippen LogP contribution >= 0.6 is 0 Å². The van der Waals surface area contributed by atoms with Crippen molar-refractivity contribution in [3.05, 3.63) is 29.1 Å². The minimum Gasteiger partial charge on any atom is -0.467 e. The van der Waals surface area contributed by atoms with Crippen LogP contribution in [-0.2, 0) is 22.6 Å². The van der Waals surface area contributed by atoms with E-state index >= 15 is 0 Å². The van der Waals surface area contributed by atoms with E-state index in [1.807, 2.05) is 0 Å². The molecule has 5 nitrogen and oxygen atoms in total. The van der Waals surface area contributed by atoms with Gasteiger partial charge in [-0.3, -0.25) is 9.80 Å². The zero-order valence-corrected chi connectivity index (χ0v) is 14.0. The smallest absolute Gasteiger partial charge is 0.189 e. The highest BCUT2D eigenvalue weighted by atomic mass is 19.1. The average molecular weight is 336 g/mol. The van der Waals surface area contributed by atoms with Crippen molar-refractivity contribution in [2.75, 3.05) is 46.1 Å². The lowest BCUT2D eigenvalue weighted by molar-refractivity contribution is -0.0179. The Hall–Kier alpha value is -1.21. The molecule has 0 bridgehead atoms. The number of piperazine rings is 1. The molecule has 0 radical (unpaired) electrons. The minimum atomic E-state index is -0.213. The van der Waals surface area contributed by atoms with Gasteiger partial charge in [0.05, 0.1) is 12.7 Å². The van der Waals surface area contributed by atoms with Gasteiger partial charge in [-0.1, -0.05) is 0 Å². The Bertz CT molecular complexity index is 570. The monoisotopic (exact) mass is 336 g/mol. The highest BCUT2D eigenvalue weighted by Crippen LogP contribution is 2.30. The van der Waals surface area contributed by atoms with Gasteiger partial charge in [-0.25, -0.2) is 4.39 Å². The number of rotatable bonds is 4. The topological polar surface area (TPSA) is 34.2 Å². The van der Waals surface area contributed by atoms with Crippen LogP contribution in [0.25, 0.3) is 0 Å². The highest BCUT2D eigenvalue weighted by Gasteiger charge is 2.24. The zero-order chi connectivity index (χ0) is 16.4. The Labute approximate surface area is 142 Å². The number of halogens is 1. The van der Waals surface area contributed by atoms with Crippen molar-refractivity contribution in [3.8, 4) is 5.75 Å². The SMILES string of the molecule is Fc1cc2c(c(CN3CCN(CC4CCCO4)CC3)c1)OCOC2. The first kappa shape index (κ1) is 16.3. The van der Waals surface area contributed by atoms with Crippen LogP contribution in [0.5, 0.6) is 5.75 Å². The molecule has 0 N–H and O–H groups in total. The van der Waals surface area contributed by atoms with E-state index in [1.54, 1.807) is 6.07 Å². The van der Waals surface area contributed by atoms with E-state index in [4.69, 9.17) is 14.2 Å². The first-order valence-corrected chi connectivity index (χ1v) is 8.86. The fourth-order valence-corrected chi connectivity index (χ4v) is 3.82. The first-order valence-electron chi connectivity index (χ1n) is 8.86. The maximum Gasteiger partial charge on any atom is 0.189 e. The third kappa shape index (κ3) is 3.72. The second-order valence-electron chi connectivity index (χ2n) is 6.88. The molecule has 0 amide bonds. The van der Waals surface area contributed by atoms with Crippen LogP contribution in [-0.4, -0.2) is 62.0 Å². The Kier molecular flexibility index (Phi) is 4.98. The van der Waals surface area contributed by atoms with E-state index in [2.05, 4.69) is 9.80 Å². The molecule has 1 atom stereocenters. The molecule has 3 aliphatic rings. The van der Waals surface area contributed by atoms with Crippen molar-refractivity contribution in [3.63, 3.8) is 0 Å². The van der Waals surface area contributed by atoms with E-state index < -0.39 is 0 Å². The van der Waals surface area contributed by atoms with Gasteiger partial charge in [-0.2, -0.15) is 0 Å². The van der Waals surface area contributed by atoms with Crippen molar-refractivity contribution in [1.82, 2.24) is 9.80 Å². The molecular weight excluding hydrogens is 311 g/mol. The number of ether oxygens (including phenoxy) is 3. The second kappa shape index (κ2) is 7.35. The first-order chi connectivity index (χ1) is 11.8. The van der Waals surface area contributed by atoms with Gasteiger partial charge >= 0.3 is 0 Å². The number of hydrogen-bond acceptors (Lipinski definition) is 5. The summed E-state index contributed by atoms with van der Waals surface area (Å²) in [6, 6.07) is 3.11. The summed E-state index contributed by atoms with van der Waals surface area (Å²) in [7, 11) is 0. The summed E-state index contributed by atoms with van der Waals surface area (Å²) >= 11 is 0. The molecule has 24 heavy (non-hydrogen) atoms. The van der Waals surface area contributed by atoms with E-state index in [-0.39, 0.29) is 12.6 Å². The van der Waals surface area contributed by atoms with Crippen LogP contribution in [0.3, 0.4) is 0 Å². The Morgan fingerprint density at radius 2 is 1.96 bits per heavy atom. The summed E-state index contributed by atoms with van der Waals surface area (Å²) in [6.07, 6.45) is 2.80. The molecule has 0 aromatic heterocycles. The lowest BCUT2D eigenvalue weighted by Crippen LogP contribution is -2.48. The highest BCUT2D eigenvalue weighted by molar-refractivity contribution is 5.42. The Morgan fingerprint density at radius 1 is 1.12 bits per heavy atom. The number of fused-ring (bicyclic) bond motifs is 1. The van der Waals surface area contributed by atoms with Gasteiger partial charge in [0.25, 0.3) is 0 Å². The minimum absolute atomic E-state index is 0.213. The molecule has 1 unspecified atom stereocenters. The van der Waals surface area contributed by atoms with Crippen molar-refractivity contribution >= 4 is 0 Å². The summed E-state index contributed by atoms with van der Waals surface area (Å²) < 4.78 is 30.4. The average Bonchev–Trinajstić information content (AvgIpc) is 3.09. The van der Waals surface area contributed by atoms with Gasteiger partial charge in [-0.05, 0) is 25.0 Å². The maximum absolute atomic E-state index is 13.8. The molecule has 0 spiro atoms. The fourth-order valence-electron chi connectivity index (χ4n) is 3.82.